The predicted octanol–water partition coefficient (Wildman–Crippen LogP) is 6.48. The van der Waals surface area contributed by atoms with E-state index in [0.717, 1.165) is 44.3 Å². The lowest BCUT2D eigenvalue weighted by Crippen LogP contribution is -2.47. The van der Waals surface area contributed by atoms with Gasteiger partial charge in [-0.15, -0.1) is 0 Å². The molecule has 2 saturated carbocycles. The zero-order chi connectivity index (χ0) is 23.3. The number of carbonyl (C=O) groups excluding carboxylic acids is 1. The number of amides is 1. The highest BCUT2D eigenvalue weighted by Crippen LogP contribution is 2.43. The maximum atomic E-state index is 13.4. The number of phenols is 1. The number of nitrogens with zero attached hydrogens (tertiary/aromatic N) is 2. The molecule has 2 heterocycles. The van der Waals surface area contributed by atoms with E-state index in [0.29, 0.717) is 29.7 Å². The highest BCUT2D eigenvalue weighted by Gasteiger charge is 2.41. The van der Waals surface area contributed by atoms with Crippen molar-refractivity contribution in [2.75, 3.05) is 19.6 Å². The van der Waals surface area contributed by atoms with E-state index in [-0.39, 0.29) is 0 Å². The van der Waals surface area contributed by atoms with Gasteiger partial charge in [0, 0.05) is 38.1 Å². The fraction of sp³-hybridized carbons (Fsp3) is 0.767. The Labute approximate surface area is 207 Å². The minimum absolute atomic E-state index is 0.391. The molecule has 5 rings (SSSR count). The van der Waals surface area contributed by atoms with Crippen molar-refractivity contribution in [1.29, 1.82) is 0 Å². The van der Waals surface area contributed by atoms with Crippen molar-refractivity contribution in [3.05, 3.63) is 29.8 Å². The molecule has 4 nitrogen and oxygen atoms in total. The van der Waals surface area contributed by atoms with Gasteiger partial charge in [0.15, 0.2) is 0 Å². The van der Waals surface area contributed by atoms with E-state index < -0.39 is 0 Å². The Morgan fingerprint density at radius 3 is 2.29 bits per heavy atom. The van der Waals surface area contributed by atoms with Crippen molar-refractivity contribution in [1.82, 2.24) is 9.80 Å². The second kappa shape index (κ2) is 11.5. The first-order valence-corrected chi connectivity index (χ1v) is 14.5. The summed E-state index contributed by atoms with van der Waals surface area (Å²) in [7, 11) is 0. The molecule has 2 bridgehead atoms. The molecule has 1 amide bonds. The number of carbonyl (C=O) groups is 1. The van der Waals surface area contributed by atoms with Gasteiger partial charge < -0.3 is 10.0 Å². The van der Waals surface area contributed by atoms with Crippen LogP contribution in [0.1, 0.15) is 108 Å². The van der Waals surface area contributed by atoms with E-state index in [1.807, 2.05) is 12.1 Å². The van der Waals surface area contributed by atoms with E-state index in [2.05, 4.69) is 15.9 Å². The predicted molar refractivity (Wildman–Crippen MR) is 138 cm³/mol. The molecule has 2 aliphatic heterocycles. The number of rotatable bonds is 9. The lowest BCUT2D eigenvalue weighted by molar-refractivity contribution is -0.132. The van der Waals surface area contributed by atoms with Crippen molar-refractivity contribution in [3.8, 4) is 5.75 Å². The first kappa shape index (κ1) is 24.2. The molecule has 0 spiro atoms. The molecule has 0 aromatic heterocycles. The molecule has 34 heavy (non-hydrogen) atoms. The molecule has 0 radical (unpaired) electrons. The molecular weight excluding hydrogens is 420 g/mol. The third-order valence-corrected chi connectivity index (χ3v) is 9.65. The summed E-state index contributed by atoms with van der Waals surface area (Å²) in [5.74, 6) is 2.90. The monoisotopic (exact) mass is 466 g/mol. The van der Waals surface area contributed by atoms with Crippen LogP contribution in [-0.4, -0.2) is 52.5 Å². The Balaban J connectivity index is 1.18. The van der Waals surface area contributed by atoms with E-state index in [9.17, 15) is 9.90 Å². The van der Waals surface area contributed by atoms with Gasteiger partial charge in [0.05, 0.1) is 0 Å². The average molecular weight is 467 g/mol. The van der Waals surface area contributed by atoms with Crippen LogP contribution in [0.3, 0.4) is 0 Å². The van der Waals surface area contributed by atoms with Crippen LogP contribution in [0.2, 0.25) is 0 Å². The Bertz CT molecular complexity index is 785. The zero-order valence-electron chi connectivity index (χ0n) is 21.2. The van der Waals surface area contributed by atoms with E-state index in [1.165, 1.54) is 89.0 Å². The molecule has 1 aromatic carbocycles. The first-order chi connectivity index (χ1) is 16.7. The maximum Gasteiger partial charge on any atom is 0.222 e. The number of benzene rings is 1. The molecule has 4 aliphatic rings. The smallest absolute Gasteiger partial charge is 0.222 e. The van der Waals surface area contributed by atoms with Crippen molar-refractivity contribution >= 4 is 5.91 Å². The SMILES string of the molecule is O=C(CCC1CCCC1)N(CCN1[C@@H]2CC[C@H]1C[C@@H](c1cccc(O)c1)C2)CC1CCCCC1. The lowest BCUT2D eigenvalue weighted by Gasteiger charge is -2.40. The summed E-state index contributed by atoms with van der Waals surface area (Å²) in [6, 6.07) is 9.19. The van der Waals surface area contributed by atoms with Gasteiger partial charge in [-0.05, 0) is 80.4 Å². The topological polar surface area (TPSA) is 43.8 Å². The molecule has 2 saturated heterocycles. The van der Waals surface area contributed by atoms with Gasteiger partial charge in [-0.3, -0.25) is 9.69 Å². The third kappa shape index (κ3) is 5.98. The summed E-state index contributed by atoms with van der Waals surface area (Å²) >= 11 is 0. The quantitative estimate of drug-likeness (QED) is 0.453. The van der Waals surface area contributed by atoms with Gasteiger partial charge >= 0.3 is 0 Å². The van der Waals surface area contributed by atoms with Crippen LogP contribution in [0.5, 0.6) is 5.75 Å². The van der Waals surface area contributed by atoms with Crippen LogP contribution in [0.4, 0.5) is 0 Å². The molecular formula is C30H46N2O2. The van der Waals surface area contributed by atoms with Gasteiger partial charge in [-0.2, -0.15) is 0 Å². The Hall–Kier alpha value is -1.55. The summed E-state index contributed by atoms with van der Waals surface area (Å²) in [4.78, 5) is 18.4. The summed E-state index contributed by atoms with van der Waals surface area (Å²) in [6.07, 6.45) is 19.0. The normalized spacial score (nSPS) is 28.4. The van der Waals surface area contributed by atoms with Crippen LogP contribution >= 0.6 is 0 Å². The highest BCUT2D eigenvalue weighted by atomic mass is 16.3. The number of fused-ring (bicyclic) bond motifs is 2. The molecule has 1 aromatic rings. The second-order valence-corrected chi connectivity index (χ2v) is 11.9. The number of hydrogen-bond acceptors (Lipinski definition) is 3. The number of phenolic OH excluding ortho intramolecular Hbond substituents is 1. The third-order valence-electron chi connectivity index (χ3n) is 9.65. The molecule has 4 heteroatoms. The molecule has 188 valence electrons. The van der Waals surface area contributed by atoms with Gasteiger partial charge in [0.25, 0.3) is 0 Å². The van der Waals surface area contributed by atoms with Crippen LogP contribution in [-0.2, 0) is 4.79 Å². The highest BCUT2D eigenvalue weighted by molar-refractivity contribution is 5.76. The van der Waals surface area contributed by atoms with E-state index >= 15 is 0 Å². The second-order valence-electron chi connectivity index (χ2n) is 11.9. The molecule has 2 aliphatic carbocycles. The largest absolute Gasteiger partial charge is 0.508 e. The van der Waals surface area contributed by atoms with Crippen molar-refractivity contribution in [3.63, 3.8) is 0 Å². The lowest BCUT2D eigenvalue weighted by atomic mass is 9.85. The molecule has 3 atom stereocenters. The minimum Gasteiger partial charge on any atom is -0.508 e. The van der Waals surface area contributed by atoms with E-state index in [4.69, 9.17) is 0 Å². The summed E-state index contributed by atoms with van der Waals surface area (Å²) in [5.41, 5.74) is 1.30. The molecule has 0 unspecified atom stereocenters. The van der Waals surface area contributed by atoms with Crippen molar-refractivity contribution < 1.29 is 9.90 Å². The Kier molecular flexibility index (Phi) is 8.14. The first-order valence-electron chi connectivity index (χ1n) is 14.5. The van der Waals surface area contributed by atoms with Gasteiger partial charge in [-0.25, -0.2) is 0 Å². The summed E-state index contributed by atoms with van der Waals surface area (Å²) < 4.78 is 0. The number of aromatic hydroxyl groups is 1. The Morgan fingerprint density at radius 1 is 0.912 bits per heavy atom. The van der Waals surface area contributed by atoms with Crippen LogP contribution < -0.4 is 0 Å². The molecule has 4 fully saturated rings. The van der Waals surface area contributed by atoms with Gasteiger partial charge in [0.2, 0.25) is 5.91 Å². The van der Waals surface area contributed by atoms with Gasteiger partial charge in [-0.1, -0.05) is 57.1 Å². The van der Waals surface area contributed by atoms with Gasteiger partial charge in [0.1, 0.15) is 5.75 Å². The Morgan fingerprint density at radius 2 is 1.59 bits per heavy atom. The zero-order valence-corrected chi connectivity index (χ0v) is 21.2. The fourth-order valence-electron chi connectivity index (χ4n) is 7.71. The van der Waals surface area contributed by atoms with Crippen LogP contribution in [0, 0.1) is 11.8 Å². The number of hydrogen-bond donors (Lipinski definition) is 1. The minimum atomic E-state index is 0.391. The number of piperidine rings is 1. The van der Waals surface area contributed by atoms with Crippen LogP contribution in [0.15, 0.2) is 24.3 Å². The summed E-state index contributed by atoms with van der Waals surface area (Å²) in [5, 5.41) is 9.94. The van der Waals surface area contributed by atoms with Crippen molar-refractivity contribution in [2.45, 2.75) is 114 Å². The van der Waals surface area contributed by atoms with Crippen molar-refractivity contribution in [2.24, 2.45) is 11.8 Å². The fourth-order valence-corrected chi connectivity index (χ4v) is 7.71. The summed E-state index contributed by atoms with van der Waals surface area (Å²) in [6.45, 7) is 2.96. The average Bonchev–Trinajstić information content (AvgIpc) is 3.45. The van der Waals surface area contributed by atoms with E-state index in [1.54, 1.807) is 6.07 Å². The van der Waals surface area contributed by atoms with Crippen LogP contribution in [0.25, 0.3) is 0 Å². The standard InChI is InChI=1S/C30H46N2O2/c33-29-12-6-11-25(21-29)26-19-27-14-15-28(20-26)32(27)18-17-31(22-24-9-2-1-3-10-24)30(34)16-13-23-7-4-5-8-23/h6,11-12,21,23-24,26-28,33H,1-5,7-10,13-20,22H2/t26-,27+,28-. The maximum absolute atomic E-state index is 13.4. The molecule has 1 N–H and O–H groups in total.